The van der Waals surface area contributed by atoms with Gasteiger partial charge in [-0.15, -0.1) is 0 Å². The number of rotatable bonds is 10. The number of carboxylic acid groups (broad SMARTS) is 1. The molecule has 3 aromatic carbocycles. The maximum atomic E-state index is 12.6. The fraction of sp³-hybridized carbons (Fsp3) is 0.300. The van der Waals surface area contributed by atoms with Crippen LogP contribution < -0.4 is 5.32 Å². The molecule has 0 spiro atoms. The number of alkyl carbamates (subject to hydrolysis) is 1. The van der Waals surface area contributed by atoms with E-state index in [1.54, 1.807) is 51.1 Å². The molecule has 0 aliphatic carbocycles. The molecule has 8 nitrogen and oxygen atoms in total. The Morgan fingerprint density at radius 1 is 0.974 bits per heavy atom. The SMILES string of the molecule is CC(C)(C)OC(=O)NC(CO)(COCc1cc(C(=O)O)cc(-c2ccccc2C#N)c1)Cc1ccccc1. The highest BCUT2D eigenvalue weighted by Crippen LogP contribution is 2.27. The maximum Gasteiger partial charge on any atom is 0.408 e. The van der Waals surface area contributed by atoms with E-state index in [0.29, 0.717) is 22.3 Å². The van der Waals surface area contributed by atoms with Crippen LogP contribution in [0.15, 0.2) is 72.8 Å². The Hall–Kier alpha value is -4.19. The van der Waals surface area contributed by atoms with Crippen molar-refractivity contribution in [1.82, 2.24) is 5.32 Å². The van der Waals surface area contributed by atoms with E-state index in [0.717, 1.165) is 5.56 Å². The Morgan fingerprint density at radius 2 is 1.66 bits per heavy atom. The van der Waals surface area contributed by atoms with E-state index < -0.39 is 29.8 Å². The van der Waals surface area contributed by atoms with E-state index in [1.165, 1.54) is 12.1 Å². The summed E-state index contributed by atoms with van der Waals surface area (Å²) in [6.45, 7) is 4.76. The third kappa shape index (κ3) is 7.90. The summed E-state index contributed by atoms with van der Waals surface area (Å²) in [4.78, 5) is 24.5. The standard InChI is InChI=1S/C30H32N2O6/c1-29(2,3)38-28(36)32-30(19-33,16-21-9-5-4-6-10-21)20-37-18-22-13-24(15-25(14-22)27(34)35)26-12-8-7-11-23(26)17-31/h4-15,33H,16,18-20H2,1-3H3,(H,32,36)(H,34,35). The number of carboxylic acids is 1. The molecule has 1 unspecified atom stereocenters. The van der Waals surface area contributed by atoms with Crippen molar-refractivity contribution >= 4 is 12.1 Å². The highest BCUT2D eigenvalue weighted by molar-refractivity contribution is 5.90. The van der Waals surface area contributed by atoms with Crippen molar-refractivity contribution < 1.29 is 29.3 Å². The molecule has 0 aromatic heterocycles. The largest absolute Gasteiger partial charge is 0.478 e. The molecule has 8 heteroatoms. The number of hydrogen-bond donors (Lipinski definition) is 3. The average Bonchev–Trinajstić information content (AvgIpc) is 2.87. The molecule has 1 atom stereocenters. The van der Waals surface area contributed by atoms with Gasteiger partial charge in [-0.25, -0.2) is 9.59 Å². The number of aromatic carboxylic acids is 1. The van der Waals surface area contributed by atoms with Gasteiger partial charge in [-0.3, -0.25) is 0 Å². The highest BCUT2D eigenvalue weighted by atomic mass is 16.6. The predicted molar refractivity (Wildman–Crippen MR) is 143 cm³/mol. The molecule has 0 heterocycles. The molecule has 0 saturated carbocycles. The third-order valence-corrected chi connectivity index (χ3v) is 5.70. The van der Waals surface area contributed by atoms with Crippen LogP contribution in [0.25, 0.3) is 11.1 Å². The number of aliphatic hydroxyl groups is 1. The van der Waals surface area contributed by atoms with Gasteiger partial charge in [0.1, 0.15) is 5.60 Å². The first-order valence-corrected chi connectivity index (χ1v) is 12.1. The number of carbonyl (C=O) groups excluding carboxylic acids is 1. The lowest BCUT2D eigenvalue weighted by molar-refractivity contribution is 0.00782. The molecule has 198 valence electrons. The molecule has 0 saturated heterocycles. The van der Waals surface area contributed by atoms with Gasteiger partial charge in [0.2, 0.25) is 0 Å². The molecule has 0 fully saturated rings. The number of hydrogen-bond acceptors (Lipinski definition) is 6. The lowest BCUT2D eigenvalue weighted by atomic mass is 9.92. The van der Waals surface area contributed by atoms with E-state index >= 15 is 0 Å². The number of ether oxygens (including phenoxy) is 2. The van der Waals surface area contributed by atoms with E-state index in [-0.39, 0.29) is 25.2 Å². The molecular weight excluding hydrogens is 484 g/mol. The second kappa shape index (κ2) is 12.4. The first-order chi connectivity index (χ1) is 18.0. The summed E-state index contributed by atoms with van der Waals surface area (Å²) in [7, 11) is 0. The summed E-state index contributed by atoms with van der Waals surface area (Å²) >= 11 is 0. The summed E-state index contributed by atoms with van der Waals surface area (Å²) in [5, 5.41) is 32.3. The van der Waals surface area contributed by atoms with Gasteiger partial charge in [0.15, 0.2) is 0 Å². The number of nitrogens with one attached hydrogen (secondary N) is 1. The normalized spacial score (nSPS) is 12.7. The van der Waals surface area contributed by atoms with Crippen molar-refractivity contribution in [2.24, 2.45) is 0 Å². The Morgan fingerprint density at radius 3 is 2.29 bits per heavy atom. The van der Waals surface area contributed by atoms with Gasteiger partial charge >= 0.3 is 12.1 Å². The molecule has 0 radical (unpaired) electrons. The lowest BCUT2D eigenvalue weighted by Gasteiger charge is -2.34. The first-order valence-electron chi connectivity index (χ1n) is 12.1. The number of carbonyl (C=O) groups is 2. The van der Waals surface area contributed by atoms with Crippen LogP contribution in [0.1, 0.15) is 47.8 Å². The summed E-state index contributed by atoms with van der Waals surface area (Å²) in [6, 6.07) is 23.2. The fourth-order valence-corrected chi connectivity index (χ4v) is 4.03. The molecule has 3 N–H and O–H groups in total. The van der Waals surface area contributed by atoms with Crippen molar-refractivity contribution in [3.8, 4) is 17.2 Å². The van der Waals surface area contributed by atoms with Gasteiger partial charge in [0.25, 0.3) is 0 Å². The Labute approximate surface area is 222 Å². The predicted octanol–water partition coefficient (Wildman–Crippen LogP) is 4.94. The topological polar surface area (TPSA) is 129 Å². The Balaban J connectivity index is 1.86. The van der Waals surface area contributed by atoms with Gasteiger partial charge in [-0.05, 0) is 67.3 Å². The number of aliphatic hydroxyl groups excluding tert-OH is 1. The number of benzene rings is 3. The maximum absolute atomic E-state index is 12.6. The first kappa shape index (κ1) is 28.4. The van der Waals surface area contributed by atoms with E-state index in [4.69, 9.17) is 9.47 Å². The van der Waals surface area contributed by atoms with Gasteiger partial charge < -0.3 is 25.0 Å². The lowest BCUT2D eigenvalue weighted by Crippen LogP contribution is -2.57. The van der Waals surface area contributed by atoms with Crippen LogP contribution in [0.5, 0.6) is 0 Å². The quantitative estimate of drug-likeness (QED) is 0.348. The van der Waals surface area contributed by atoms with Crippen LogP contribution in [0, 0.1) is 11.3 Å². The minimum atomic E-state index is -1.19. The van der Waals surface area contributed by atoms with Crippen LogP contribution in [-0.4, -0.2) is 46.6 Å². The Kier molecular flexibility index (Phi) is 9.24. The van der Waals surface area contributed by atoms with Gasteiger partial charge in [-0.2, -0.15) is 5.26 Å². The molecule has 1 amide bonds. The molecular formula is C30H32N2O6. The number of amides is 1. The molecule has 3 aromatic rings. The van der Waals surface area contributed by atoms with Gasteiger partial charge in [-0.1, -0.05) is 48.5 Å². The van der Waals surface area contributed by atoms with Crippen LogP contribution in [0.2, 0.25) is 0 Å². The summed E-state index contributed by atoms with van der Waals surface area (Å²) < 4.78 is 11.4. The smallest absolute Gasteiger partial charge is 0.408 e. The molecule has 38 heavy (non-hydrogen) atoms. The average molecular weight is 517 g/mol. The van der Waals surface area contributed by atoms with Gasteiger partial charge in [0.05, 0.1) is 42.6 Å². The van der Waals surface area contributed by atoms with Crippen molar-refractivity contribution in [2.45, 2.75) is 44.9 Å². The summed E-state index contributed by atoms with van der Waals surface area (Å²) in [6.07, 6.45) is -0.408. The summed E-state index contributed by atoms with van der Waals surface area (Å²) in [5.41, 5.74) is 1.19. The molecule has 3 rings (SSSR count). The van der Waals surface area contributed by atoms with Gasteiger partial charge in [0, 0.05) is 6.42 Å². The molecule has 0 aliphatic heterocycles. The van der Waals surface area contributed by atoms with Crippen LogP contribution in [0.3, 0.4) is 0 Å². The number of nitrogens with zero attached hydrogens (tertiary/aromatic N) is 1. The van der Waals surface area contributed by atoms with Crippen molar-refractivity contribution in [3.05, 3.63) is 95.1 Å². The van der Waals surface area contributed by atoms with E-state index in [2.05, 4.69) is 11.4 Å². The van der Waals surface area contributed by atoms with E-state index in [1.807, 2.05) is 30.3 Å². The summed E-state index contributed by atoms with van der Waals surface area (Å²) in [5.74, 6) is -1.11. The zero-order chi connectivity index (χ0) is 27.8. The van der Waals surface area contributed by atoms with Crippen LogP contribution in [-0.2, 0) is 22.5 Å². The number of nitriles is 1. The zero-order valence-corrected chi connectivity index (χ0v) is 21.7. The highest BCUT2D eigenvalue weighted by Gasteiger charge is 2.34. The second-order valence-corrected chi connectivity index (χ2v) is 10.1. The molecule has 0 aliphatic rings. The minimum absolute atomic E-state index is 0.00930. The van der Waals surface area contributed by atoms with Crippen molar-refractivity contribution in [1.29, 1.82) is 5.26 Å². The Bertz CT molecular complexity index is 1310. The monoisotopic (exact) mass is 516 g/mol. The third-order valence-electron chi connectivity index (χ3n) is 5.70. The zero-order valence-electron chi connectivity index (χ0n) is 21.7. The van der Waals surface area contributed by atoms with Crippen LogP contribution >= 0.6 is 0 Å². The van der Waals surface area contributed by atoms with Crippen LogP contribution in [0.4, 0.5) is 4.79 Å². The molecule has 0 bridgehead atoms. The second-order valence-electron chi connectivity index (χ2n) is 10.1. The van der Waals surface area contributed by atoms with E-state index in [9.17, 15) is 25.1 Å². The van der Waals surface area contributed by atoms with Crippen molar-refractivity contribution in [2.75, 3.05) is 13.2 Å². The van der Waals surface area contributed by atoms with Crippen molar-refractivity contribution in [3.63, 3.8) is 0 Å². The minimum Gasteiger partial charge on any atom is -0.478 e. The fourth-order valence-electron chi connectivity index (χ4n) is 4.03.